The minimum absolute atomic E-state index is 0.633. The van der Waals surface area contributed by atoms with E-state index in [1.807, 2.05) is 0 Å². The molecule has 0 aromatic heterocycles. The first kappa shape index (κ1) is 16.2. The van der Waals surface area contributed by atoms with Crippen LogP contribution in [0.15, 0.2) is 24.3 Å². The van der Waals surface area contributed by atoms with Gasteiger partial charge in [-0.15, -0.1) is 0 Å². The molecular weight excluding hydrogens is 230 g/mol. The van der Waals surface area contributed by atoms with Crippen molar-refractivity contribution in [1.82, 2.24) is 5.32 Å². The second-order valence-electron chi connectivity index (χ2n) is 5.73. The number of nitrogens with one attached hydrogen (secondary N) is 1. The fourth-order valence-corrected chi connectivity index (χ4v) is 2.53. The maximum Gasteiger partial charge on any atom is 0.0104 e. The fraction of sp³-hybridized carbons (Fsp3) is 0.667. The lowest BCUT2D eigenvalue weighted by molar-refractivity contribution is 0.480. The Balaban J connectivity index is 2.20. The number of unbranched alkanes of at least 4 members (excludes halogenated alkanes) is 5. The second kappa shape index (κ2) is 10.0. The molecule has 0 bridgehead atoms. The van der Waals surface area contributed by atoms with Gasteiger partial charge in [0.2, 0.25) is 0 Å². The van der Waals surface area contributed by atoms with Gasteiger partial charge in [-0.3, -0.25) is 0 Å². The van der Waals surface area contributed by atoms with E-state index < -0.39 is 0 Å². The largest absolute Gasteiger partial charge is 0.317 e. The van der Waals surface area contributed by atoms with Gasteiger partial charge in [0.1, 0.15) is 0 Å². The van der Waals surface area contributed by atoms with Crippen LogP contribution >= 0.6 is 0 Å². The third kappa shape index (κ3) is 7.37. The summed E-state index contributed by atoms with van der Waals surface area (Å²) >= 11 is 0. The van der Waals surface area contributed by atoms with Crippen LogP contribution in [0.3, 0.4) is 0 Å². The Hall–Kier alpha value is -0.820. The highest BCUT2D eigenvalue weighted by molar-refractivity contribution is 5.22. The van der Waals surface area contributed by atoms with E-state index in [1.165, 1.54) is 56.1 Å². The highest BCUT2D eigenvalue weighted by Crippen LogP contribution is 2.12. The van der Waals surface area contributed by atoms with Crippen LogP contribution in [0.2, 0.25) is 0 Å². The number of benzene rings is 1. The van der Waals surface area contributed by atoms with Crippen molar-refractivity contribution in [1.29, 1.82) is 0 Å². The second-order valence-corrected chi connectivity index (χ2v) is 5.73. The summed E-state index contributed by atoms with van der Waals surface area (Å²) in [5.41, 5.74) is 2.80. The van der Waals surface area contributed by atoms with E-state index in [4.69, 9.17) is 0 Å². The van der Waals surface area contributed by atoms with Crippen LogP contribution in [0, 0.1) is 6.92 Å². The van der Waals surface area contributed by atoms with Crippen molar-refractivity contribution in [2.24, 2.45) is 0 Å². The maximum absolute atomic E-state index is 3.47. The molecular formula is C18H31N. The lowest BCUT2D eigenvalue weighted by Crippen LogP contribution is -2.27. The molecule has 0 radical (unpaired) electrons. The van der Waals surface area contributed by atoms with Gasteiger partial charge in [-0.1, -0.05) is 75.3 Å². The van der Waals surface area contributed by atoms with Gasteiger partial charge >= 0.3 is 0 Å². The van der Waals surface area contributed by atoms with Gasteiger partial charge in [0.05, 0.1) is 0 Å². The molecule has 1 atom stereocenters. The van der Waals surface area contributed by atoms with Gasteiger partial charge in [-0.05, 0) is 32.4 Å². The van der Waals surface area contributed by atoms with E-state index >= 15 is 0 Å². The van der Waals surface area contributed by atoms with E-state index in [9.17, 15) is 0 Å². The topological polar surface area (TPSA) is 12.0 Å². The molecule has 0 aliphatic rings. The first-order valence-corrected chi connectivity index (χ1v) is 7.99. The van der Waals surface area contributed by atoms with E-state index in [-0.39, 0.29) is 0 Å². The number of aryl methyl sites for hydroxylation is 1. The summed E-state index contributed by atoms with van der Waals surface area (Å²) in [4.78, 5) is 0. The van der Waals surface area contributed by atoms with Gasteiger partial charge in [0.25, 0.3) is 0 Å². The predicted molar refractivity (Wildman–Crippen MR) is 85.7 cm³/mol. The zero-order valence-corrected chi connectivity index (χ0v) is 13.0. The van der Waals surface area contributed by atoms with E-state index in [0.29, 0.717) is 6.04 Å². The van der Waals surface area contributed by atoms with Crippen molar-refractivity contribution < 1.29 is 0 Å². The zero-order chi connectivity index (χ0) is 13.9. The average Bonchev–Trinajstić information content (AvgIpc) is 2.43. The summed E-state index contributed by atoms with van der Waals surface area (Å²) in [6.07, 6.45) is 10.8. The van der Waals surface area contributed by atoms with Gasteiger partial charge in [-0.2, -0.15) is 0 Å². The Kier molecular flexibility index (Phi) is 8.57. The standard InChI is InChI=1S/C18H31N/c1-4-5-6-7-8-9-10-18(19-3)15-17-13-11-16(2)12-14-17/h11-14,18-19H,4-10,15H2,1-3H3. The van der Waals surface area contributed by atoms with E-state index in [2.05, 4.69) is 50.5 Å². The van der Waals surface area contributed by atoms with Crippen molar-refractivity contribution >= 4 is 0 Å². The normalized spacial score (nSPS) is 12.6. The molecule has 1 N–H and O–H groups in total. The monoisotopic (exact) mass is 261 g/mol. The minimum atomic E-state index is 0.633. The summed E-state index contributed by atoms with van der Waals surface area (Å²) < 4.78 is 0. The first-order valence-electron chi connectivity index (χ1n) is 7.99. The fourth-order valence-electron chi connectivity index (χ4n) is 2.53. The van der Waals surface area contributed by atoms with E-state index in [0.717, 1.165) is 6.42 Å². The van der Waals surface area contributed by atoms with Crippen LogP contribution < -0.4 is 5.32 Å². The average molecular weight is 261 g/mol. The number of rotatable bonds is 10. The summed E-state index contributed by atoms with van der Waals surface area (Å²) in [5, 5.41) is 3.47. The summed E-state index contributed by atoms with van der Waals surface area (Å²) in [6, 6.07) is 9.59. The van der Waals surface area contributed by atoms with Gasteiger partial charge in [0, 0.05) is 6.04 Å². The predicted octanol–water partition coefficient (Wildman–Crippen LogP) is 4.88. The first-order chi connectivity index (χ1) is 9.26. The molecule has 1 aromatic carbocycles. The van der Waals surface area contributed by atoms with Gasteiger partial charge < -0.3 is 5.32 Å². The molecule has 0 spiro atoms. The highest BCUT2D eigenvalue weighted by Gasteiger charge is 2.06. The molecule has 1 nitrogen and oxygen atoms in total. The molecule has 1 aromatic rings. The molecule has 0 saturated carbocycles. The molecule has 1 rings (SSSR count). The van der Waals surface area contributed by atoms with Crippen LogP contribution in [0.5, 0.6) is 0 Å². The summed E-state index contributed by atoms with van der Waals surface area (Å²) in [5.74, 6) is 0. The highest BCUT2D eigenvalue weighted by atomic mass is 14.9. The quantitative estimate of drug-likeness (QED) is 0.592. The molecule has 0 saturated heterocycles. The zero-order valence-electron chi connectivity index (χ0n) is 13.0. The molecule has 0 heterocycles. The summed E-state index contributed by atoms with van der Waals surface area (Å²) in [6.45, 7) is 4.42. The number of hydrogen-bond acceptors (Lipinski definition) is 1. The summed E-state index contributed by atoms with van der Waals surface area (Å²) in [7, 11) is 2.09. The van der Waals surface area contributed by atoms with Crippen LogP contribution in [-0.2, 0) is 6.42 Å². The third-order valence-electron chi connectivity index (χ3n) is 3.92. The SMILES string of the molecule is CCCCCCCCC(Cc1ccc(C)cc1)NC. The van der Waals surface area contributed by atoms with Crippen LogP contribution in [0.1, 0.15) is 63.0 Å². The van der Waals surface area contributed by atoms with Crippen LogP contribution in [0.25, 0.3) is 0 Å². The Labute approximate surface area is 119 Å². The molecule has 1 unspecified atom stereocenters. The van der Waals surface area contributed by atoms with Gasteiger partial charge in [-0.25, -0.2) is 0 Å². The Morgan fingerprint density at radius 2 is 1.58 bits per heavy atom. The lowest BCUT2D eigenvalue weighted by Gasteiger charge is -2.16. The maximum atomic E-state index is 3.47. The number of hydrogen-bond donors (Lipinski definition) is 1. The van der Waals surface area contributed by atoms with Crippen molar-refractivity contribution in [2.75, 3.05) is 7.05 Å². The Bertz CT molecular complexity index is 315. The molecule has 108 valence electrons. The molecule has 0 fully saturated rings. The molecule has 0 amide bonds. The van der Waals surface area contributed by atoms with Gasteiger partial charge in [0.15, 0.2) is 0 Å². The third-order valence-corrected chi connectivity index (χ3v) is 3.92. The lowest BCUT2D eigenvalue weighted by atomic mass is 9.99. The van der Waals surface area contributed by atoms with Crippen molar-refractivity contribution in [2.45, 2.75) is 71.3 Å². The van der Waals surface area contributed by atoms with Crippen molar-refractivity contribution in [3.05, 3.63) is 35.4 Å². The molecule has 1 heteroatoms. The minimum Gasteiger partial charge on any atom is -0.317 e. The smallest absolute Gasteiger partial charge is 0.0104 e. The Morgan fingerprint density at radius 1 is 0.947 bits per heavy atom. The Morgan fingerprint density at radius 3 is 2.21 bits per heavy atom. The van der Waals surface area contributed by atoms with Crippen LogP contribution in [0.4, 0.5) is 0 Å². The molecule has 19 heavy (non-hydrogen) atoms. The van der Waals surface area contributed by atoms with Crippen molar-refractivity contribution in [3.8, 4) is 0 Å². The molecule has 0 aliphatic carbocycles. The van der Waals surface area contributed by atoms with Crippen LogP contribution in [-0.4, -0.2) is 13.1 Å². The molecule has 0 aliphatic heterocycles. The van der Waals surface area contributed by atoms with Crippen molar-refractivity contribution in [3.63, 3.8) is 0 Å². The number of likely N-dealkylation sites (N-methyl/N-ethyl adjacent to an activating group) is 1. The van der Waals surface area contributed by atoms with E-state index in [1.54, 1.807) is 0 Å².